The van der Waals surface area contributed by atoms with Gasteiger partial charge in [0.2, 0.25) is 5.91 Å². The Morgan fingerprint density at radius 2 is 1.92 bits per heavy atom. The molecule has 2 aromatic carbocycles. The molecule has 0 spiro atoms. The van der Waals surface area contributed by atoms with E-state index in [0.29, 0.717) is 0 Å². The summed E-state index contributed by atoms with van der Waals surface area (Å²) in [4.78, 5) is 12.7. The first kappa shape index (κ1) is 16.5. The van der Waals surface area contributed by atoms with Crippen molar-refractivity contribution in [2.45, 2.75) is 12.5 Å². The average molecular weight is 413 g/mol. The van der Waals surface area contributed by atoms with Gasteiger partial charge in [-0.2, -0.15) is 0 Å². The van der Waals surface area contributed by atoms with Crippen LogP contribution in [0.1, 0.15) is 17.2 Å². The molecule has 1 atom stereocenters. The first-order valence-corrected chi connectivity index (χ1v) is 9.84. The molecule has 1 amide bonds. The quantitative estimate of drug-likeness (QED) is 0.634. The molecule has 3 nitrogen and oxygen atoms in total. The van der Waals surface area contributed by atoms with Gasteiger partial charge < -0.3 is 10.6 Å². The number of halogens is 1. The lowest BCUT2D eigenvalue weighted by molar-refractivity contribution is -0.118. The van der Waals surface area contributed by atoms with Crippen LogP contribution in [0.25, 0.3) is 11.1 Å². The lowest BCUT2D eigenvalue weighted by atomic mass is 9.94. The monoisotopic (exact) mass is 412 g/mol. The molecule has 0 radical (unpaired) electrons. The van der Waals surface area contributed by atoms with Crippen LogP contribution in [0.5, 0.6) is 0 Å². The molecule has 2 N–H and O–H groups in total. The normalized spacial score (nSPS) is 16.3. The van der Waals surface area contributed by atoms with Gasteiger partial charge in [0.15, 0.2) is 0 Å². The van der Waals surface area contributed by atoms with E-state index in [9.17, 15) is 4.79 Å². The zero-order valence-corrected chi connectivity index (χ0v) is 15.9. The van der Waals surface area contributed by atoms with Crippen molar-refractivity contribution < 1.29 is 4.79 Å². The highest BCUT2D eigenvalue weighted by atomic mass is 79.9. The predicted octanol–water partition coefficient (Wildman–Crippen LogP) is 5.00. The van der Waals surface area contributed by atoms with Gasteiger partial charge in [0.1, 0.15) is 6.04 Å². The zero-order valence-electron chi connectivity index (χ0n) is 13.5. The molecule has 25 heavy (non-hydrogen) atoms. The van der Waals surface area contributed by atoms with Crippen molar-refractivity contribution in [2.24, 2.45) is 0 Å². The number of benzene rings is 2. The lowest BCUT2D eigenvalue weighted by Crippen LogP contribution is -2.37. The second-order valence-corrected chi connectivity index (χ2v) is 7.86. The molecule has 126 valence electrons. The molecule has 0 bridgehead atoms. The molecule has 1 aliphatic heterocycles. The van der Waals surface area contributed by atoms with Crippen molar-refractivity contribution >= 4 is 38.2 Å². The topological polar surface area (TPSA) is 41.1 Å². The molecule has 5 heteroatoms. The molecular weight excluding hydrogens is 396 g/mol. The SMILES string of the molecule is O=C(Nc1cc(-c2ccc(Br)cc2)cs1)C1NCCc2ccccc21. The van der Waals surface area contributed by atoms with Gasteiger partial charge >= 0.3 is 0 Å². The second kappa shape index (κ2) is 7.12. The van der Waals surface area contributed by atoms with Crippen LogP contribution >= 0.6 is 27.3 Å². The molecule has 1 aromatic heterocycles. The number of hydrogen-bond acceptors (Lipinski definition) is 3. The van der Waals surface area contributed by atoms with Crippen molar-refractivity contribution in [3.8, 4) is 11.1 Å². The van der Waals surface area contributed by atoms with Crippen LogP contribution in [0.15, 0.2) is 64.5 Å². The molecule has 0 aliphatic carbocycles. The Bertz CT molecular complexity index is 904. The first-order valence-electron chi connectivity index (χ1n) is 8.17. The zero-order chi connectivity index (χ0) is 17.2. The lowest BCUT2D eigenvalue weighted by Gasteiger charge is -2.25. The van der Waals surface area contributed by atoms with E-state index >= 15 is 0 Å². The number of hydrogen-bond donors (Lipinski definition) is 2. The fourth-order valence-corrected chi connectivity index (χ4v) is 4.20. The average Bonchev–Trinajstić information content (AvgIpc) is 3.10. The number of amides is 1. The van der Waals surface area contributed by atoms with E-state index in [-0.39, 0.29) is 11.9 Å². The smallest absolute Gasteiger partial charge is 0.246 e. The van der Waals surface area contributed by atoms with Crippen molar-refractivity contribution in [2.75, 3.05) is 11.9 Å². The van der Waals surface area contributed by atoms with E-state index < -0.39 is 0 Å². The van der Waals surface area contributed by atoms with Crippen LogP contribution in [-0.2, 0) is 11.2 Å². The third-order valence-electron chi connectivity index (χ3n) is 4.39. The summed E-state index contributed by atoms with van der Waals surface area (Å²) in [5, 5.41) is 9.33. The molecule has 0 saturated heterocycles. The minimum atomic E-state index is -0.289. The molecule has 3 aromatic rings. The summed E-state index contributed by atoms with van der Waals surface area (Å²) >= 11 is 5.00. The maximum absolute atomic E-state index is 12.7. The van der Waals surface area contributed by atoms with Gasteiger partial charge in [-0.15, -0.1) is 11.3 Å². The molecule has 4 rings (SSSR count). The van der Waals surface area contributed by atoms with Crippen molar-refractivity contribution in [3.05, 3.63) is 75.6 Å². The molecule has 2 heterocycles. The highest BCUT2D eigenvalue weighted by molar-refractivity contribution is 9.10. The van der Waals surface area contributed by atoms with E-state index in [1.807, 2.05) is 36.4 Å². The van der Waals surface area contributed by atoms with Gasteiger partial charge in [-0.25, -0.2) is 0 Å². The van der Waals surface area contributed by atoms with Crippen LogP contribution < -0.4 is 10.6 Å². The second-order valence-electron chi connectivity index (χ2n) is 6.03. The summed E-state index contributed by atoms with van der Waals surface area (Å²) < 4.78 is 1.06. The molecule has 0 saturated carbocycles. The Morgan fingerprint density at radius 3 is 2.76 bits per heavy atom. The van der Waals surface area contributed by atoms with Gasteiger partial charge in [-0.05, 0) is 46.9 Å². The molecular formula is C20H17BrN2OS. The fourth-order valence-electron chi connectivity index (χ4n) is 3.13. The maximum Gasteiger partial charge on any atom is 0.246 e. The highest BCUT2D eigenvalue weighted by Gasteiger charge is 2.26. The summed E-state index contributed by atoms with van der Waals surface area (Å²) in [5.74, 6) is -0.00337. The standard InChI is InChI=1S/C20H17BrN2OS/c21-16-7-5-13(6-8-16)15-11-18(25-12-15)23-20(24)19-17-4-2-1-3-14(17)9-10-22-19/h1-8,11-12,19,22H,9-10H2,(H,23,24). The minimum absolute atomic E-state index is 0.00337. The van der Waals surface area contributed by atoms with Crippen molar-refractivity contribution in [3.63, 3.8) is 0 Å². The van der Waals surface area contributed by atoms with Gasteiger partial charge in [-0.3, -0.25) is 4.79 Å². The Labute approximate surface area is 159 Å². The largest absolute Gasteiger partial charge is 0.316 e. The van der Waals surface area contributed by atoms with Crippen LogP contribution in [0.2, 0.25) is 0 Å². The highest BCUT2D eigenvalue weighted by Crippen LogP contribution is 2.31. The molecule has 0 fully saturated rings. The summed E-state index contributed by atoms with van der Waals surface area (Å²) in [6.45, 7) is 0.823. The van der Waals surface area contributed by atoms with Gasteiger partial charge in [-0.1, -0.05) is 52.3 Å². The predicted molar refractivity (Wildman–Crippen MR) is 107 cm³/mol. The summed E-state index contributed by atoms with van der Waals surface area (Å²) in [6, 6.07) is 18.1. The van der Waals surface area contributed by atoms with Crippen molar-refractivity contribution in [1.82, 2.24) is 5.32 Å². The number of fused-ring (bicyclic) bond motifs is 1. The van der Waals surface area contributed by atoms with Gasteiger partial charge in [0.25, 0.3) is 0 Å². The molecule has 1 aliphatic rings. The summed E-state index contributed by atoms with van der Waals surface area (Å²) in [5.41, 5.74) is 4.59. The van der Waals surface area contributed by atoms with E-state index in [0.717, 1.165) is 39.1 Å². The van der Waals surface area contributed by atoms with Crippen LogP contribution in [0, 0.1) is 0 Å². The van der Waals surface area contributed by atoms with Gasteiger partial charge in [0, 0.05) is 16.4 Å². The number of thiophene rings is 1. The van der Waals surface area contributed by atoms with Crippen LogP contribution in [0.3, 0.4) is 0 Å². The Morgan fingerprint density at radius 1 is 1.12 bits per heavy atom. The van der Waals surface area contributed by atoms with Crippen molar-refractivity contribution in [1.29, 1.82) is 0 Å². The third kappa shape index (κ3) is 3.54. The van der Waals surface area contributed by atoms with E-state index in [1.54, 1.807) is 11.3 Å². The van der Waals surface area contributed by atoms with E-state index in [2.05, 4.69) is 50.1 Å². The Hall–Kier alpha value is -1.95. The van der Waals surface area contributed by atoms with E-state index in [1.165, 1.54) is 5.56 Å². The summed E-state index contributed by atoms with van der Waals surface area (Å²) in [6.07, 6.45) is 0.965. The maximum atomic E-state index is 12.7. The minimum Gasteiger partial charge on any atom is -0.316 e. The number of nitrogens with one attached hydrogen (secondary N) is 2. The van der Waals surface area contributed by atoms with Crippen LogP contribution in [-0.4, -0.2) is 12.5 Å². The third-order valence-corrected chi connectivity index (χ3v) is 5.77. The number of anilines is 1. The van der Waals surface area contributed by atoms with Gasteiger partial charge in [0.05, 0.1) is 5.00 Å². The number of rotatable bonds is 3. The number of carbonyl (C=O) groups is 1. The number of carbonyl (C=O) groups excluding carboxylic acids is 1. The molecule has 1 unspecified atom stereocenters. The fraction of sp³-hybridized carbons (Fsp3) is 0.150. The summed E-state index contributed by atoms with van der Waals surface area (Å²) in [7, 11) is 0. The Kier molecular flexibility index (Phi) is 4.70. The van der Waals surface area contributed by atoms with Crippen LogP contribution in [0.4, 0.5) is 5.00 Å². The Balaban J connectivity index is 1.52. The first-order chi connectivity index (χ1) is 12.2. The van der Waals surface area contributed by atoms with E-state index in [4.69, 9.17) is 0 Å².